The number of rotatable bonds is 2. The number of carbonyl (C=O) groups is 2. The zero-order valence-electron chi connectivity index (χ0n) is 12.9. The first-order valence-corrected chi connectivity index (χ1v) is 6.65. The lowest BCUT2D eigenvalue weighted by atomic mass is 9.78. The van der Waals surface area contributed by atoms with E-state index in [9.17, 15) is 9.59 Å². The molecule has 0 aromatic carbocycles. The first-order valence-electron chi connectivity index (χ1n) is 6.65. The number of ether oxygens (including phenoxy) is 1. The Balaban J connectivity index is 2.93. The summed E-state index contributed by atoms with van der Waals surface area (Å²) in [5, 5.41) is 0. The second kappa shape index (κ2) is 4.99. The number of carbonyl (C=O) groups excluding carboxylic acids is 2. The first-order chi connectivity index (χ1) is 8.47. The molecule has 1 aliphatic heterocycles. The number of piperidine rings is 1. The second-order valence-corrected chi connectivity index (χ2v) is 6.70. The van der Waals surface area contributed by atoms with E-state index in [0.717, 1.165) is 0 Å². The Labute approximate surface area is 115 Å². The van der Waals surface area contributed by atoms with Crippen LogP contribution >= 0.6 is 0 Å². The molecule has 108 valence electrons. The van der Waals surface area contributed by atoms with E-state index in [1.807, 2.05) is 32.6 Å². The van der Waals surface area contributed by atoms with Crippen molar-refractivity contribution in [2.45, 2.75) is 71.6 Å². The third-order valence-electron chi connectivity index (χ3n) is 3.60. The van der Waals surface area contributed by atoms with Gasteiger partial charge in [0.25, 0.3) is 0 Å². The molecule has 0 aromatic rings. The van der Waals surface area contributed by atoms with Crippen molar-refractivity contribution in [2.75, 3.05) is 0 Å². The van der Waals surface area contributed by atoms with Crippen LogP contribution < -0.4 is 0 Å². The normalized spacial score (nSPS) is 21.9. The smallest absolute Gasteiger partial charge is 0.333 e. The summed E-state index contributed by atoms with van der Waals surface area (Å²) in [6.45, 7) is 14.9. The lowest BCUT2D eigenvalue weighted by Crippen LogP contribution is -2.63. The number of likely N-dealkylation sites (tertiary alicyclic amines) is 1. The van der Waals surface area contributed by atoms with Crippen LogP contribution in [0.4, 0.5) is 0 Å². The van der Waals surface area contributed by atoms with Crippen LogP contribution in [0.1, 0.15) is 54.4 Å². The molecule has 0 N–H and O–H groups in total. The second-order valence-electron chi connectivity index (χ2n) is 6.70. The van der Waals surface area contributed by atoms with Crippen LogP contribution in [0.2, 0.25) is 0 Å². The minimum atomic E-state index is -0.354. The van der Waals surface area contributed by atoms with Gasteiger partial charge in [-0.15, -0.1) is 0 Å². The molecule has 19 heavy (non-hydrogen) atoms. The van der Waals surface area contributed by atoms with Gasteiger partial charge in [-0.05, 0) is 34.6 Å². The Hall–Kier alpha value is -1.32. The number of hydrogen-bond donors (Lipinski definition) is 0. The highest BCUT2D eigenvalue weighted by molar-refractivity contribution is 5.87. The largest absolute Gasteiger partial charge is 0.459 e. The van der Waals surface area contributed by atoms with Gasteiger partial charge < -0.3 is 9.64 Å². The average molecular weight is 267 g/mol. The summed E-state index contributed by atoms with van der Waals surface area (Å²) in [5.41, 5.74) is -0.245. The van der Waals surface area contributed by atoms with Crippen molar-refractivity contribution in [2.24, 2.45) is 0 Å². The van der Waals surface area contributed by atoms with Crippen molar-refractivity contribution < 1.29 is 14.3 Å². The van der Waals surface area contributed by atoms with Crippen molar-refractivity contribution in [1.29, 1.82) is 0 Å². The summed E-state index contributed by atoms with van der Waals surface area (Å²) in [6, 6.07) is 0. The number of hydrogen-bond acceptors (Lipinski definition) is 3. The average Bonchev–Trinajstić information content (AvgIpc) is 2.11. The monoisotopic (exact) mass is 267 g/mol. The Bertz CT molecular complexity index is 392. The lowest BCUT2D eigenvalue weighted by molar-refractivity contribution is -0.163. The van der Waals surface area contributed by atoms with Crippen molar-refractivity contribution in [3.63, 3.8) is 0 Å². The standard InChI is InChI=1S/C15H25NO3/c1-10(2)13(18)19-12-8-14(4,5)16(11(3)17)15(6,7)9-12/h12H,1,8-9H2,2-7H3. The molecule has 4 heteroatoms. The molecule has 1 heterocycles. The molecule has 0 bridgehead atoms. The van der Waals surface area contributed by atoms with Gasteiger partial charge in [-0.2, -0.15) is 0 Å². The summed E-state index contributed by atoms with van der Waals surface area (Å²) >= 11 is 0. The van der Waals surface area contributed by atoms with E-state index in [-0.39, 0.29) is 29.1 Å². The summed E-state index contributed by atoms with van der Waals surface area (Å²) in [5.74, 6) is -0.299. The quantitative estimate of drug-likeness (QED) is 0.571. The van der Waals surface area contributed by atoms with Crippen molar-refractivity contribution in [1.82, 2.24) is 4.90 Å². The van der Waals surface area contributed by atoms with Gasteiger partial charge in [0.2, 0.25) is 5.91 Å². The van der Waals surface area contributed by atoms with Crippen LogP contribution in [0.15, 0.2) is 12.2 Å². The van der Waals surface area contributed by atoms with E-state index in [2.05, 4.69) is 6.58 Å². The van der Waals surface area contributed by atoms with Crippen molar-refractivity contribution >= 4 is 11.9 Å². The van der Waals surface area contributed by atoms with Gasteiger partial charge in [0, 0.05) is 36.4 Å². The number of esters is 1. The fourth-order valence-corrected chi connectivity index (χ4v) is 3.38. The summed E-state index contributed by atoms with van der Waals surface area (Å²) in [6.07, 6.45) is 1.12. The van der Waals surface area contributed by atoms with E-state index >= 15 is 0 Å². The first kappa shape index (κ1) is 15.7. The Kier molecular flexibility index (Phi) is 4.13. The van der Waals surface area contributed by atoms with Gasteiger partial charge >= 0.3 is 5.97 Å². The zero-order chi connectivity index (χ0) is 15.0. The highest BCUT2D eigenvalue weighted by atomic mass is 16.5. The van der Waals surface area contributed by atoms with Gasteiger partial charge in [0.1, 0.15) is 6.10 Å². The fraction of sp³-hybridized carbons (Fsp3) is 0.733. The van der Waals surface area contributed by atoms with Crippen LogP contribution in [0.5, 0.6) is 0 Å². The SMILES string of the molecule is C=C(C)C(=O)OC1CC(C)(C)N(C(C)=O)C(C)(C)C1. The molecule has 1 amide bonds. The number of amides is 1. The van der Waals surface area contributed by atoms with E-state index in [0.29, 0.717) is 18.4 Å². The van der Waals surface area contributed by atoms with E-state index in [4.69, 9.17) is 4.74 Å². The minimum Gasteiger partial charge on any atom is -0.459 e. The van der Waals surface area contributed by atoms with Crippen LogP contribution in [0, 0.1) is 0 Å². The summed E-state index contributed by atoms with van der Waals surface area (Å²) in [7, 11) is 0. The topological polar surface area (TPSA) is 46.6 Å². The van der Waals surface area contributed by atoms with Crippen LogP contribution in [0.25, 0.3) is 0 Å². The molecule has 1 fully saturated rings. The van der Waals surface area contributed by atoms with Crippen LogP contribution in [-0.4, -0.2) is 34.0 Å². The predicted octanol–water partition coefficient (Wildman–Crippen LogP) is 2.67. The maximum absolute atomic E-state index is 11.9. The molecule has 0 aromatic heterocycles. The minimum absolute atomic E-state index is 0.0553. The molecule has 0 radical (unpaired) electrons. The maximum atomic E-state index is 11.9. The van der Waals surface area contributed by atoms with Crippen molar-refractivity contribution in [3.8, 4) is 0 Å². The summed E-state index contributed by atoms with van der Waals surface area (Å²) < 4.78 is 5.48. The van der Waals surface area contributed by atoms with Gasteiger partial charge in [-0.25, -0.2) is 4.79 Å². The molecule has 0 saturated carbocycles. The van der Waals surface area contributed by atoms with Gasteiger partial charge in [0.15, 0.2) is 0 Å². The van der Waals surface area contributed by atoms with Gasteiger partial charge in [0.05, 0.1) is 0 Å². The molecule has 0 atom stereocenters. The highest BCUT2D eigenvalue weighted by Crippen LogP contribution is 2.39. The van der Waals surface area contributed by atoms with Crippen LogP contribution in [0.3, 0.4) is 0 Å². The number of nitrogens with zero attached hydrogens (tertiary/aromatic N) is 1. The third kappa shape index (κ3) is 3.37. The Morgan fingerprint density at radius 2 is 1.53 bits per heavy atom. The molecule has 1 rings (SSSR count). The zero-order valence-corrected chi connectivity index (χ0v) is 12.9. The maximum Gasteiger partial charge on any atom is 0.333 e. The van der Waals surface area contributed by atoms with Gasteiger partial charge in [-0.3, -0.25) is 4.79 Å². The lowest BCUT2D eigenvalue weighted by Gasteiger charge is -2.54. The highest BCUT2D eigenvalue weighted by Gasteiger charge is 2.47. The molecule has 0 unspecified atom stereocenters. The molecule has 4 nitrogen and oxygen atoms in total. The predicted molar refractivity (Wildman–Crippen MR) is 74.6 cm³/mol. The van der Waals surface area contributed by atoms with E-state index < -0.39 is 0 Å². The molecule has 1 aliphatic rings. The fourth-order valence-electron chi connectivity index (χ4n) is 3.38. The van der Waals surface area contributed by atoms with Crippen LogP contribution in [-0.2, 0) is 14.3 Å². The molecule has 1 saturated heterocycles. The van der Waals surface area contributed by atoms with E-state index in [1.165, 1.54) is 0 Å². The van der Waals surface area contributed by atoms with Crippen molar-refractivity contribution in [3.05, 3.63) is 12.2 Å². The Morgan fingerprint density at radius 3 is 1.84 bits per heavy atom. The molecular formula is C15H25NO3. The Morgan fingerprint density at radius 1 is 1.11 bits per heavy atom. The van der Waals surface area contributed by atoms with Gasteiger partial charge in [-0.1, -0.05) is 6.58 Å². The molecule has 0 aliphatic carbocycles. The summed E-state index contributed by atoms with van der Waals surface area (Å²) in [4.78, 5) is 25.4. The third-order valence-corrected chi connectivity index (χ3v) is 3.60. The molecular weight excluding hydrogens is 242 g/mol. The molecule has 0 spiro atoms. The van der Waals surface area contributed by atoms with E-state index in [1.54, 1.807) is 13.8 Å².